The molecule has 0 aromatic rings. The molecule has 0 saturated carbocycles. The molecular weight excluding hydrogens is 524 g/mol. The van der Waals surface area contributed by atoms with E-state index in [9.17, 15) is 4.79 Å². The third-order valence-corrected chi connectivity index (χ3v) is 6.24. The number of allylic oxidation sites excluding steroid dienone is 25. The zero-order valence-electron chi connectivity index (χ0n) is 28.3. The summed E-state index contributed by atoms with van der Waals surface area (Å²) < 4.78 is 5.01. The molecule has 0 amide bonds. The number of ether oxygens (including phenoxy) is 1. The van der Waals surface area contributed by atoms with Crippen molar-refractivity contribution in [3.63, 3.8) is 0 Å². The highest BCUT2D eigenvalue weighted by molar-refractivity contribution is 5.73. The maximum absolute atomic E-state index is 10.9. The Labute approximate surface area is 264 Å². The van der Waals surface area contributed by atoms with Crippen LogP contribution in [0.2, 0.25) is 0 Å². The van der Waals surface area contributed by atoms with E-state index in [1.54, 1.807) is 7.11 Å². The maximum Gasteiger partial charge on any atom is 0.148 e. The van der Waals surface area contributed by atoms with E-state index in [2.05, 4.69) is 159 Å². The fourth-order valence-corrected chi connectivity index (χ4v) is 3.62. The predicted octanol–water partition coefficient (Wildman–Crippen LogP) is 11.7. The van der Waals surface area contributed by atoms with Gasteiger partial charge >= 0.3 is 0 Å². The zero-order chi connectivity index (χ0) is 32.3. The number of methoxy groups -OCH3 is 1. The second kappa shape index (κ2) is 25.9. The van der Waals surface area contributed by atoms with Gasteiger partial charge in [-0.2, -0.15) is 0 Å². The molecule has 0 rings (SSSR count). The van der Waals surface area contributed by atoms with E-state index in [0.717, 1.165) is 32.0 Å². The van der Waals surface area contributed by atoms with Crippen molar-refractivity contribution in [1.82, 2.24) is 0 Å². The Morgan fingerprint density at radius 3 is 1.26 bits per heavy atom. The van der Waals surface area contributed by atoms with Gasteiger partial charge in [-0.15, -0.1) is 0 Å². The number of rotatable bonds is 19. The molecule has 0 fully saturated rings. The molecule has 0 N–H and O–H groups in total. The number of hydrogen-bond donors (Lipinski definition) is 0. The van der Waals surface area contributed by atoms with Crippen LogP contribution in [0.15, 0.2) is 154 Å². The van der Waals surface area contributed by atoms with Gasteiger partial charge in [-0.25, -0.2) is 0 Å². The van der Waals surface area contributed by atoms with Crippen LogP contribution in [-0.2, 0) is 9.53 Å². The Morgan fingerprint density at radius 1 is 0.512 bits per heavy atom. The lowest BCUT2D eigenvalue weighted by atomic mass is 10.1. The summed E-state index contributed by atoms with van der Waals surface area (Å²) in [5, 5.41) is 0. The first-order valence-corrected chi connectivity index (χ1v) is 15.2. The normalized spacial score (nSPS) is 15.3. The smallest absolute Gasteiger partial charge is 0.148 e. The minimum atomic E-state index is 0.371. The van der Waals surface area contributed by atoms with Gasteiger partial charge in [0.2, 0.25) is 0 Å². The van der Waals surface area contributed by atoms with Gasteiger partial charge in [0.1, 0.15) is 6.29 Å². The van der Waals surface area contributed by atoms with E-state index >= 15 is 0 Å². The monoisotopic (exact) mass is 580 g/mol. The minimum Gasteiger partial charge on any atom is -0.380 e. The lowest BCUT2D eigenvalue weighted by molar-refractivity contribution is -0.105. The van der Waals surface area contributed by atoms with Crippen LogP contribution in [0.5, 0.6) is 0 Å². The molecule has 2 heteroatoms. The van der Waals surface area contributed by atoms with E-state index in [0.29, 0.717) is 12.2 Å². The summed E-state index contributed by atoms with van der Waals surface area (Å²) in [6.07, 6.45) is 42.9. The molecule has 43 heavy (non-hydrogen) atoms. The van der Waals surface area contributed by atoms with Gasteiger partial charge in [0, 0.05) is 12.7 Å². The van der Waals surface area contributed by atoms with Crippen molar-refractivity contribution in [3.8, 4) is 0 Å². The molecule has 232 valence electrons. The third-order valence-electron chi connectivity index (χ3n) is 6.24. The van der Waals surface area contributed by atoms with Crippen molar-refractivity contribution < 1.29 is 9.53 Å². The summed E-state index contributed by atoms with van der Waals surface area (Å²) in [5.74, 6) is 0. The molecule has 0 radical (unpaired) electrons. The van der Waals surface area contributed by atoms with Gasteiger partial charge in [0.15, 0.2) is 0 Å². The second-order valence-corrected chi connectivity index (χ2v) is 11.2. The van der Waals surface area contributed by atoms with Gasteiger partial charge in [-0.05, 0) is 81.1 Å². The van der Waals surface area contributed by atoms with E-state index in [1.165, 1.54) is 39.0 Å². The standard InChI is InChI=1S/C41H56O2/c1-34(2)18-12-21-37(5)24-15-27-38(6)25-13-22-35(3)19-10-11-20-36(4)23-14-26-39(7)28-16-29-40(8)30-17-31-41(32-42)33-43-9/h10-11,13-16,18-20,22-29,31-32H,12,17,21,30,33H2,1-9H3/b11-10+,22-13+,23-14+,27-15+,28-16+,35-19+,36-20+,37-24+,38-25+,39-26+,40-29+,41-31-. The molecule has 2 nitrogen and oxygen atoms in total. The first kappa shape index (κ1) is 39.2. The SMILES string of the molecule is COC/C(C=O)=C\CC/C(C)=C/C=C/C(C)=C/C=C/C(C)=C/C=C/C=C(C)/C=C/C=C(C)/C=C/C=C(\C)CCC=C(C)C. The molecule has 0 aliphatic heterocycles. The molecule has 0 saturated heterocycles. The van der Waals surface area contributed by atoms with E-state index in [-0.39, 0.29) is 0 Å². The van der Waals surface area contributed by atoms with Crippen LogP contribution >= 0.6 is 0 Å². The Bertz CT molecular complexity index is 1230. The average Bonchev–Trinajstić information content (AvgIpc) is 2.94. The Kier molecular flexibility index (Phi) is 23.7. The lowest BCUT2D eigenvalue weighted by Crippen LogP contribution is -1.95. The summed E-state index contributed by atoms with van der Waals surface area (Å²) >= 11 is 0. The van der Waals surface area contributed by atoms with E-state index in [4.69, 9.17) is 4.74 Å². The van der Waals surface area contributed by atoms with Gasteiger partial charge in [-0.3, -0.25) is 4.79 Å². The largest absolute Gasteiger partial charge is 0.380 e. The molecule has 0 spiro atoms. The van der Waals surface area contributed by atoms with Crippen LogP contribution in [0.1, 0.15) is 81.1 Å². The zero-order valence-corrected chi connectivity index (χ0v) is 28.3. The highest BCUT2D eigenvalue weighted by atomic mass is 16.5. The van der Waals surface area contributed by atoms with Crippen LogP contribution in [0.4, 0.5) is 0 Å². The van der Waals surface area contributed by atoms with Crippen LogP contribution < -0.4 is 0 Å². The predicted molar refractivity (Wildman–Crippen MR) is 192 cm³/mol. The lowest BCUT2D eigenvalue weighted by Gasteiger charge is -1.99. The minimum absolute atomic E-state index is 0.371. The molecular formula is C41H56O2. The quantitative estimate of drug-likeness (QED) is 0.0657. The van der Waals surface area contributed by atoms with Crippen molar-refractivity contribution in [2.75, 3.05) is 13.7 Å². The van der Waals surface area contributed by atoms with Crippen LogP contribution in [0.25, 0.3) is 0 Å². The first-order valence-electron chi connectivity index (χ1n) is 15.2. The number of hydrogen-bond acceptors (Lipinski definition) is 2. The van der Waals surface area contributed by atoms with E-state index in [1.807, 2.05) is 6.08 Å². The number of carbonyl (C=O) groups excluding carboxylic acids is 1. The Hall–Kier alpha value is -3.75. The summed E-state index contributed by atoms with van der Waals surface area (Å²) in [4.78, 5) is 10.9. The van der Waals surface area contributed by atoms with Crippen LogP contribution in [-0.4, -0.2) is 20.0 Å². The third kappa shape index (κ3) is 25.7. The molecule has 0 aliphatic carbocycles. The van der Waals surface area contributed by atoms with Gasteiger partial charge in [0.05, 0.1) is 6.61 Å². The summed E-state index contributed by atoms with van der Waals surface area (Å²) in [5.41, 5.74) is 9.54. The highest BCUT2D eigenvalue weighted by Crippen LogP contribution is 2.09. The number of aldehydes is 1. The number of carbonyl (C=O) groups is 1. The molecule has 0 bridgehead atoms. The van der Waals surface area contributed by atoms with Crippen molar-refractivity contribution in [2.24, 2.45) is 0 Å². The molecule has 0 heterocycles. The van der Waals surface area contributed by atoms with Gasteiger partial charge in [-0.1, -0.05) is 148 Å². The summed E-state index contributed by atoms with van der Waals surface area (Å²) in [7, 11) is 1.60. The van der Waals surface area contributed by atoms with Gasteiger partial charge < -0.3 is 4.74 Å². The maximum atomic E-state index is 10.9. The van der Waals surface area contributed by atoms with Crippen molar-refractivity contribution in [2.45, 2.75) is 81.1 Å². The molecule has 0 aromatic heterocycles. The summed E-state index contributed by atoms with van der Waals surface area (Å²) in [6, 6.07) is 0. The first-order chi connectivity index (χ1) is 20.6. The fourth-order valence-electron chi connectivity index (χ4n) is 3.62. The average molecular weight is 581 g/mol. The molecule has 0 atom stereocenters. The van der Waals surface area contributed by atoms with Crippen LogP contribution in [0, 0.1) is 0 Å². The van der Waals surface area contributed by atoms with Gasteiger partial charge in [0.25, 0.3) is 0 Å². The van der Waals surface area contributed by atoms with Crippen LogP contribution in [0.3, 0.4) is 0 Å². The van der Waals surface area contributed by atoms with Crippen molar-refractivity contribution >= 4 is 6.29 Å². The van der Waals surface area contributed by atoms with Crippen molar-refractivity contribution in [1.29, 1.82) is 0 Å². The highest BCUT2D eigenvalue weighted by Gasteiger charge is 1.94. The summed E-state index contributed by atoms with van der Waals surface area (Å²) in [6.45, 7) is 17.4. The molecule has 0 aliphatic rings. The Morgan fingerprint density at radius 2 is 0.884 bits per heavy atom. The second-order valence-electron chi connectivity index (χ2n) is 11.2. The Balaban J connectivity index is 4.73. The van der Waals surface area contributed by atoms with Crippen molar-refractivity contribution in [3.05, 3.63) is 154 Å². The fraction of sp³-hybridized carbons (Fsp3) is 0.341. The topological polar surface area (TPSA) is 26.3 Å². The molecule has 0 aromatic carbocycles. The molecule has 0 unspecified atom stereocenters. The van der Waals surface area contributed by atoms with E-state index < -0.39 is 0 Å².